The maximum Gasteiger partial charge on any atom is 0.295 e. The Hall–Kier alpha value is -3.23. The zero-order valence-electron chi connectivity index (χ0n) is 18.0. The molecule has 0 spiro atoms. The minimum atomic E-state index is -0.627. The Morgan fingerprint density at radius 3 is 2.38 bits per heavy atom. The number of halogens is 1. The first-order chi connectivity index (χ1) is 16.6. The van der Waals surface area contributed by atoms with Crippen LogP contribution in [-0.2, 0) is 9.47 Å². The van der Waals surface area contributed by atoms with Gasteiger partial charge in [0, 0.05) is 11.1 Å². The molecule has 34 heavy (non-hydrogen) atoms. The molecule has 0 aliphatic carbocycles. The van der Waals surface area contributed by atoms with E-state index < -0.39 is 6.10 Å². The number of imidazole rings is 1. The predicted molar refractivity (Wildman–Crippen MR) is 127 cm³/mol. The highest BCUT2D eigenvalue weighted by atomic mass is 35.5. The van der Waals surface area contributed by atoms with Gasteiger partial charge in [0.25, 0.3) is 6.01 Å². The zero-order valence-corrected chi connectivity index (χ0v) is 18.7. The molecule has 4 aromatic rings. The van der Waals surface area contributed by atoms with Crippen LogP contribution in [0.1, 0.15) is 10.4 Å². The number of aromatic nitrogens is 2. The Kier molecular flexibility index (Phi) is 5.34. The monoisotopic (exact) mass is 476 g/mol. The van der Waals surface area contributed by atoms with Gasteiger partial charge < -0.3 is 24.3 Å². The smallest absolute Gasteiger partial charge is 0.295 e. The van der Waals surface area contributed by atoms with Gasteiger partial charge in [0.15, 0.2) is 6.10 Å². The molecular weight excluding hydrogens is 456 g/mol. The molecule has 1 unspecified atom stereocenters. The van der Waals surface area contributed by atoms with Gasteiger partial charge in [-0.3, -0.25) is 4.79 Å². The molecule has 4 atom stereocenters. The number of benzene rings is 3. The van der Waals surface area contributed by atoms with Crippen molar-refractivity contribution in [1.29, 1.82) is 0 Å². The van der Waals surface area contributed by atoms with Gasteiger partial charge in [-0.1, -0.05) is 60.1 Å². The van der Waals surface area contributed by atoms with Gasteiger partial charge in [-0.05, 0) is 28.8 Å². The summed E-state index contributed by atoms with van der Waals surface area (Å²) in [6, 6.07) is 19.7. The Bertz CT molecular complexity index is 1350. The van der Waals surface area contributed by atoms with E-state index in [4.69, 9.17) is 25.8 Å². The molecule has 7 nitrogen and oxygen atoms in total. The second kappa shape index (κ2) is 8.52. The number of fused-ring (bicyclic) bond motifs is 2. The summed E-state index contributed by atoms with van der Waals surface area (Å²) in [5.74, 6) is 0. The third kappa shape index (κ3) is 3.76. The molecule has 8 heteroatoms. The molecule has 3 aromatic carbocycles. The van der Waals surface area contributed by atoms with Crippen molar-refractivity contribution in [1.82, 2.24) is 9.97 Å². The first-order valence-corrected chi connectivity index (χ1v) is 11.4. The van der Waals surface area contributed by atoms with Gasteiger partial charge in [0.05, 0.1) is 29.3 Å². The molecule has 2 aliphatic rings. The van der Waals surface area contributed by atoms with E-state index in [1.807, 2.05) is 48.5 Å². The summed E-state index contributed by atoms with van der Waals surface area (Å²) in [6.45, 7) is 0.580. The summed E-state index contributed by atoms with van der Waals surface area (Å²) in [4.78, 5) is 18.6. The minimum Gasteiger partial charge on any atom is -0.456 e. The van der Waals surface area contributed by atoms with Crippen molar-refractivity contribution >= 4 is 28.9 Å². The molecule has 2 fully saturated rings. The van der Waals surface area contributed by atoms with Gasteiger partial charge in [-0.2, -0.15) is 4.98 Å². The van der Waals surface area contributed by atoms with Crippen LogP contribution >= 0.6 is 11.6 Å². The molecule has 6 rings (SSSR count). The Balaban J connectivity index is 1.24. The van der Waals surface area contributed by atoms with E-state index in [2.05, 4.69) is 9.97 Å². The number of rotatable bonds is 5. The molecule has 0 radical (unpaired) electrons. The van der Waals surface area contributed by atoms with Gasteiger partial charge in [-0.25, -0.2) is 0 Å². The maximum absolute atomic E-state index is 10.9. The van der Waals surface area contributed by atoms with E-state index in [1.54, 1.807) is 12.1 Å². The van der Waals surface area contributed by atoms with Crippen LogP contribution in [0.4, 0.5) is 0 Å². The van der Waals surface area contributed by atoms with Gasteiger partial charge >= 0.3 is 0 Å². The third-order valence-corrected chi connectivity index (χ3v) is 6.68. The summed E-state index contributed by atoms with van der Waals surface area (Å²) < 4.78 is 17.2. The number of carbonyl (C=O) groups excluding carboxylic acids is 1. The number of aromatic amines is 1. The second-order valence-corrected chi connectivity index (χ2v) is 8.94. The number of hydrogen-bond donors (Lipinski definition) is 2. The topological polar surface area (TPSA) is 93.7 Å². The fraction of sp³-hybridized carbons (Fsp3) is 0.231. The molecule has 3 heterocycles. The molecule has 2 aliphatic heterocycles. The summed E-state index contributed by atoms with van der Waals surface area (Å²) >= 11 is 6.61. The van der Waals surface area contributed by atoms with Crippen molar-refractivity contribution in [3.63, 3.8) is 0 Å². The highest BCUT2D eigenvalue weighted by molar-refractivity contribution is 6.34. The van der Waals surface area contributed by atoms with Crippen LogP contribution in [0.2, 0.25) is 5.02 Å². The summed E-state index contributed by atoms with van der Waals surface area (Å²) in [5, 5.41) is 10.5. The van der Waals surface area contributed by atoms with Crippen molar-refractivity contribution in [3.05, 3.63) is 71.2 Å². The minimum absolute atomic E-state index is 0.247. The number of aliphatic hydroxyl groups excluding tert-OH is 1. The summed E-state index contributed by atoms with van der Waals surface area (Å²) in [7, 11) is 0. The predicted octanol–water partition coefficient (Wildman–Crippen LogP) is 4.27. The number of aldehydes is 1. The third-order valence-electron chi connectivity index (χ3n) is 6.37. The first-order valence-electron chi connectivity index (χ1n) is 11.0. The maximum atomic E-state index is 10.9. The fourth-order valence-electron chi connectivity index (χ4n) is 4.57. The number of carbonyl (C=O) groups is 1. The average molecular weight is 477 g/mol. The number of H-pyrrole nitrogens is 1. The largest absolute Gasteiger partial charge is 0.456 e. The van der Waals surface area contributed by atoms with E-state index in [0.29, 0.717) is 23.2 Å². The van der Waals surface area contributed by atoms with Crippen LogP contribution in [-0.4, -0.2) is 59.0 Å². The van der Waals surface area contributed by atoms with Crippen molar-refractivity contribution in [2.45, 2.75) is 24.4 Å². The van der Waals surface area contributed by atoms with E-state index in [1.165, 1.54) is 0 Å². The lowest BCUT2D eigenvalue weighted by molar-refractivity contribution is 0.00706. The van der Waals surface area contributed by atoms with E-state index in [-0.39, 0.29) is 24.9 Å². The van der Waals surface area contributed by atoms with E-state index >= 15 is 0 Å². The Morgan fingerprint density at radius 2 is 1.65 bits per heavy atom. The number of nitrogens with zero attached hydrogens (tertiary/aromatic N) is 1. The molecule has 1 aromatic heterocycles. The lowest BCUT2D eigenvalue weighted by Crippen LogP contribution is -2.34. The lowest BCUT2D eigenvalue weighted by atomic mass is 9.99. The lowest BCUT2D eigenvalue weighted by Gasteiger charge is -2.15. The standard InChI is InChI=1S/C26H21ClN2O5/c27-19-10-21-20(28-26(29-21)34-23-13-33-24-22(31)12-32-25(23)24)9-18(19)17-7-5-16(6-8-17)15-3-1-14(11-30)2-4-15/h1-11,22-25,31H,12-13H2,(H,28,29)/t22?,23-,24-,25-/m1/s1. The van der Waals surface area contributed by atoms with Crippen LogP contribution in [0.3, 0.4) is 0 Å². The first kappa shape index (κ1) is 21.3. The van der Waals surface area contributed by atoms with E-state index in [9.17, 15) is 9.90 Å². The fourth-order valence-corrected chi connectivity index (χ4v) is 4.84. The normalized spacial score (nSPS) is 23.8. The molecule has 0 saturated carbocycles. The van der Waals surface area contributed by atoms with Crippen LogP contribution in [0.25, 0.3) is 33.3 Å². The summed E-state index contributed by atoms with van der Waals surface area (Å²) in [5.41, 5.74) is 6.04. The highest BCUT2D eigenvalue weighted by Gasteiger charge is 2.48. The van der Waals surface area contributed by atoms with E-state index in [0.717, 1.165) is 39.6 Å². The molecule has 2 N–H and O–H groups in total. The van der Waals surface area contributed by atoms with Gasteiger partial charge in [0.2, 0.25) is 0 Å². The van der Waals surface area contributed by atoms with Crippen molar-refractivity contribution in [2.24, 2.45) is 0 Å². The molecule has 0 bridgehead atoms. The van der Waals surface area contributed by atoms with Crippen LogP contribution < -0.4 is 4.74 Å². The molecule has 2 saturated heterocycles. The van der Waals surface area contributed by atoms with Gasteiger partial charge in [0.1, 0.15) is 24.6 Å². The number of ether oxygens (including phenoxy) is 3. The average Bonchev–Trinajstić information content (AvgIpc) is 3.55. The van der Waals surface area contributed by atoms with Gasteiger partial charge in [-0.15, -0.1) is 0 Å². The van der Waals surface area contributed by atoms with Crippen molar-refractivity contribution in [3.8, 4) is 28.3 Å². The number of hydrogen-bond acceptors (Lipinski definition) is 6. The Morgan fingerprint density at radius 1 is 0.971 bits per heavy atom. The summed E-state index contributed by atoms with van der Waals surface area (Å²) in [6.07, 6.45) is -0.804. The highest BCUT2D eigenvalue weighted by Crippen LogP contribution is 2.35. The number of aliphatic hydroxyl groups is 1. The second-order valence-electron chi connectivity index (χ2n) is 8.53. The SMILES string of the molecule is O=Cc1ccc(-c2ccc(-c3cc4nc(O[C@@H]5CO[C@@H]6C(O)CO[C@@H]65)[nH]c4cc3Cl)cc2)cc1. The zero-order chi connectivity index (χ0) is 23.2. The number of nitrogens with one attached hydrogen (secondary N) is 1. The van der Waals surface area contributed by atoms with Crippen LogP contribution in [0.15, 0.2) is 60.7 Å². The quantitative estimate of drug-likeness (QED) is 0.418. The molecular formula is C26H21ClN2O5. The Labute approximate surface area is 200 Å². The van der Waals surface area contributed by atoms with Crippen molar-refractivity contribution in [2.75, 3.05) is 13.2 Å². The molecule has 172 valence electrons. The van der Waals surface area contributed by atoms with Crippen LogP contribution in [0.5, 0.6) is 6.01 Å². The van der Waals surface area contributed by atoms with Crippen LogP contribution in [0, 0.1) is 0 Å². The molecule has 0 amide bonds. The van der Waals surface area contributed by atoms with Crippen molar-refractivity contribution < 1.29 is 24.1 Å².